The van der Waals surface area contributed by atoms with E-state index in [0.29, 0.717) is 0 Å². The summed E-state index contributed by atoms with van der Waals surface area (Å²) >= 11 is 11.3. The molecule has 0 spiro atoms. The van der Waals surface area contributed by atoms with E-state index in [1.165, 1.54) is 0 Å². The van der Waals surface area contributed by atoms with Gasteiger partial charge in [-0.3, -0.25) is 9.35 Å². The van der Waals surface area contributed by atoms with Gasteiger partial charge in [-0.15, -0.1) is 0 Å². The highest BCUT2D eigenvalue weighted by Gasteiger charge is 2.17. The maximum atomic E-state index is 10.8. The predicted octanol–water partition coefficient (Wildman–Crippen LogP) is 2.17. The Labute approximate surface area is 102 Å². The van der Waals surface area contributed by atoms with Gasteiger partial charge in [0.15, 0.2) is 5.75 Å². The minimum atomic E-state index is -4.40. The number of halogens is 2. The molecule has 88 valence electrons. The standard InChI is InChI=1S/C8H6Cl2O5S/c1-4(11)15-8-6(9)2-5(3-7(8)10)16(12,13)14/h2-3H,1H3,(H,12,13,14). The number of ether oxygens (including phenoxy) is 1. The lowest BCUT2D eigenvalue weighted by molar-refractivity contribution is -0.131. The van der Waals surface area contributed by atoms with Crippen LogP contribution in [-0.2, 0) is 14.9 Å². The fourth-order valence-electron chi connectivity index (χ4n) is 0.927. The molecule has 0 heterocycles. The second-order valence-electron chi connectivity index (χ2n) is 2.78. The first-order valence-electron chi connectivity index (χ1n) is 3.87. The summed E-state index contributed by atoms with van der Waals surface area (Å²) < 4.78 is 35.0. The van der Waals surface area contributed by atoms with Gasteiger partial charge in [-0.2, -0.15) is 8.42 Å². The molecule has 0 saturated carbocycles. The van der Waals surface area contributed by atoms with Crippen LogP contribution < -0.4 is 4.74 Å². The first-order chi connectivity index (χ1) is 7.21. The summed E-state index contributed by atoms with van der Waals surface area (Å²) in [5.74, 6) is -0.799. The topological polar surface area (TPSA) is 80.7 Å². The van der Waals surface area contributed by atoms with E-state index < -0.39 is 21.0 Å². The maximum absolute atomic E-state index is 10.8. The van der Waals surface area contributed by atoms with Crippen LogP contribution in [-0.4, -0.2) is 18.9 Å². The molecule has 1 aromatic rings. The minimum Gasteiger partial charge on any atom is -0.424 e. The molecular formula is C8H6Cl2O5S. The lowest BCUT2D eigenvalue weighted by atomic mass is 10.3. The Balaban J connectivity index is 3.34. The molecule has 0 saturated heterocycles. The zero-order valence-corrected chi connectivity index (χ0v) is 10.2. The summed E-state index contributed by atoms with van der Waals surface area (Å²) in [6, 6.07) is 1.86. The van der Waals surface area contributed by atoms with E-state index >= 15 is 0 Å². The van der Waals surface area contributed by atoms with Crippen LogP contribution in [0.5, 0.6) is 5.75 Å². The molecule has 0 aromatic heterocycles. The van der Waals surface area contributed by atoms with Crippen molar-refractivity contribution in [2.75, 3.05) is 0 Å². The van der Waals surface area contributed by atoms with E-state index in [9.17, 15) is 13.2 Å². The van der Waals surface area contributed by atoms with Gasteiger partial charge in [0.1, 0.15) is 0 Å². The molecule has 1 N–H and O–H groups in total. The van der Waals surface area contributed by atoms with Gasteiger partial charge in [-0.1, -0.05) is 23.2 Å². The summed E-state index contributed by atoms with van der Waals surface area (Å²) in [5.41, 5.74) is 0. The molecule has 1 aromatic carbocycles. The second kappa shape index (κ2) is 4.58. The van der Waals surface area contributed by atoms with Crippen LogP contribution in [0.25, 0.3) is 0 Å². The molecule has 0 aliphatic carbocycles. The number of carbonyl (C=O) groups excluding carboxylic acids is 1. The predicted molar refractivity (Wildman–Crippen MR) is 57.6 cm³/mol. The molecule has 8 heteroatoms. The molecule has 0 atom stereocenters. The maximum Gasteiger partial charge on any atom is 0.308 e. The normalized spacial score (nSPS) is 11.2. The van der Waals surface area contributed by atoms with E-state index in [1.807, 2.05) is 0 Å². The summed E-state index contributed by atoms with van der Waals surface area (Å²) in [5, 5.41) is -0.370. The highest BCUT2D eigenvalue weighted by atomic mass is 35.5. The van der Waals surface area contributed by atoms with Crippen LogP contribution in [0.4, 0.5) is 0 Å². The lowest BCUT2D eigenvalue weighted by Crippen LogP contribution is -2.04. The third kappa shape index (κ3) is 3.08. The Morgan fingerprint density at radius 3 is 2.06 bits per heavy atom. The summed E-state index contributed by atoms with van der Waals surface area (Å²) in [6.07, 6.45) is 0. The summed E-state index contributed by atoms with van der Waals surface area (Å²) in [6.45, 7) is 1.14. The van der Waals surface area contributed by atoms with Crippen molar-refractivity contribution in [3.05, 3.63) is 22.2 Å². The number of carbonyl (C=O) groups is 1. The second-order valence-corrected chi connectivity index (χ2v) is 5.02. The minimum absolute atomic E-state index is 0.150. The van der Waals surface area contributed by atoms with E-state index in [2.05, 4.69) is 4.74 Å². The molecule has 0 aliphatic rings. The van der Waals surface area contributed by atoms with Crippen molar-refractivity contribution in [3.63, 3.8) is 0 Å². The fraction of sp³-hybridized carbons (Fsp3) is 0.125. The Hall–Kier alpha value is -0.820. The highest BCUT2D eigenvalue weighted by molar-refractivity contribution is 7.85. The largest absolute Gasteiger partial charge is 0.424 e. The van der Waals surface area contributed by atoms with Crippen molar-refractivity contribution >= 4 is 39.3 Å². The van der Waals surface area contributed by atoms with Gasteiger partial charge in [0.2, 0.25) is 0 Å². The third-order valence-corrected chi connectivity index (χ3v) is 2.91. The Morgan fingerprint density at radius 2 is 1.75 bits per heavy atom. The van der Waals surface area contributed by atoms with Gasteiger partial charge < -0.3 is 4.74 Å². The van der Waals surface area contributed by atoms with Crippen molar-refractivity contribution in [3.8, 4) is 5.75 Å². The fourth-order valence-corrected chi connectivity index (χ4v) is 2.15. The average molecular weight is 285 g/mol. The van der Waals surface area contributed by atoms with Crippen molar-refractivity contribution in [1.29, 1.82) is 0 Å². The van der Waals surface area contributed by atoms with Gasteiger partial charge >= 0.3 is 5.97 Å². The van der Waals surface area contributed by atoms with Crippen molar-refractivity contribution < 1.29 is 22.5 Å². The Kier molecular flexibility index (Phi) is 3.80. The molecule has 0 amide bonds. The molecule has 1 rings (SSSR count). The van der Waals surface area contributed by atoms with Crippen LogP contribution >= 0.6 is 23.2 Å². The van der Waals surface area contributed by atoms with Crippen molar-refractivity contribution in [1.82, 2.24) is 0 Å². The lowest BCUT2D eigenvalue weighted by Gasteiger charge is -2.07. The Bertz CT molecular complexity index is 514. The van der Waals surface area contributed by atoms with Gasteiger partial charge in [-0.25, -0.2) is 0 Å². The van der Waals surface area contributed by atoms with E-state index in [4.69, 9.17) is 27.8 Å². The third-order valence-electron chi connectivity index (χ3n) is 1.52. The Morgan fingerprint density at radius 1 is 1.31 bits per heavy atom. The molecule has 0 fully saturated rings. The first kappa shape index (κ1) is 13.2. The highest BCUT2D eigenvalue weighted by Crippen LogP contribution is 2.35. The molecule has 0 bridgehead atoms. The summed E-state index contributed by atoms with van der Waals surface area (Å²) in [7, 11) is -4.40. The van der Waals surface area contributed by atoms with E-state index in [-0.39, 0.29) is 15.8 Å². The first-order valence-corrected chi connectivity index (χ1v) is 6.06. The molecule has 0 aliphatic heterocycles. The number of benzene rings is 1. The van der Waals surface area contributed by atoms with E-state index in [1.54, 1.807) is 0 Å². The zero-order valence-electron chi connectivity index (χ0n) is 7.90. The van der Waals surface area contributed by atoms with Crippen LogP contribution in [0.15, 0.2) is 17.0 Å². The molecular weight excluding hydrogens is 279 g/mol. The van der Waals surface area contributed by atoms with Gasteiger partial charge in [0.25, 0.3) is 10.1 Å². The number of hydrogen-bond acceptors (Lipinski definition) is 4. The number of hydrogen-bond donors (Lipinski definition) is 1. The van der Waals surface area contributed by atoms with Crippen LogP contribution in [0.1, 0.15) is 6.92 Å². The van der Waals surface area contributed by atoms with Gasteiger partial charge in [-0.05, 0) is 12.1 Å². The number of esters is 1. The van der Waals surface area contributed by atoms with Gasteiger partial charge in [0, 0.05) is 6.92 Å². The van der Waals surface area contributed by atoms with Crippen molar-refractivity contribution in [2.24, 2.45) is 0 Å². The van der Waals surface area contributed by atoms with Crippen LogP contribution in [0.3, 0.4) is 0 Å². The molecule has 5 nitrogen and oxygen atoms in total. The van der Waals surface area contributed by atoms with E-state index in [0.717, 1.165) is 19.1 Å². The molecule has 0 unspecified atom stereocenters. The van der Waals surface area contributed by atoms with Crippen LogP contribution in [0, 0.1) is 0 Å². The van der Waals surface area contributed by atoms with Crippen molar-refractivity contribution in [2.45, 2.75) is 11.8 Å². The SMILES string of the molecule is CC(=O)Oc1c(Cl)cc(S(=O)(=O)O)cc1Cl. The van der Waals surface area contributed by atoms with Crippen LogP contribution in [0.2, 0.25) is 10.0 Å². The molecule has 0 radical (unpaired) electrons. The quantitative estimate of drug-likeness (QED) is 0.511. The monoisotopic (exact) mass is 284 g/mol. The average Bonchev–Trinajstić information content (AvgIpc) is 2.09. The summed E-state index contributed by atoms with van der Waals surface area (Å²) in [4.78, 5) is 10.2. The smallest absolute Gasteiger partial charge is 0.308 e. The van der Waals surface area contributed by atoms with Gasteiger partial charge in [0.05, 0.1) is 14.9 Å². The number of rotatable bonds is 2. The zero-order chi connectivity index (χ0) is 12.5. The molecule has 16 heavy (non-hydrogen) atoms.